The molecule has 0 spiro atoms. The molecule has 0 amide bonds. The molecule has 0 saturated heterocycles. The first-order valence-corrected chi connectivity index (χ1v) is 6.09. The summed E-state index contributed by atoms with van der Waals surface area (Å²) in [6.07, 6.45) is 0. The number of nitrogens with zero attached hydrogens (tertiary/aromatic N) is 1. The predicted molar refractivity (Wildman–Crippen MR) is 72.6 cm³/mol. The molecule has 0 radical (unpaired) electrons. The molecule has 0 fully saturated rings. The van der Waals surface area contributed by atoms with Crippen LogP contribution >= 0.6 is 0 Å². The summed E-state index contributed by atoms with van der Waals surface area (Å²) in [5, 5.41) is 0. The third kappa shape index (κ3) is 1.70. The van der Waals surface area contributed by atoms with Crippen LogP contribution in [0.1, 0.15) is 25.3 Å². The molecular weight excluding hydrogens is 222 g/mol. The van der Waals surface area contributed by atoms with Gasteiger partial charge in [0.15, 0.2) is 5.58 Å². The molecule has 0 bridgehead atoms. The van der Waals surface area contributed by atoms with Crippen molar-refractivity contribution in [2.45, 2.75) is 19.3 Å². The summed E-state index contributed by atoms with van der Waals surface area (Å²) in [5.74, 6) is 0.759. The zero-order valence-electron chi connectivity index (χ0n) is 10.6. The molecule has 2 nitrogen and oxygen atoms in total. The minimum Gasteiger partial charge on any atom is -0.440 e. The second kappa shape index (κ2) is 3.98. The van der Waals surface area contributed by atoms with E-state index < -0.39 is 0 Å². The lowest BCUT2D eigenvalue weighted by molar-refractivity contribution is 0.433. The number of hydrogen-bond donors (Lipinski definition) is 0. The molecule has 0 atom stereocenters. The number of para-hydroxylation sites is 2. The van der Waals surface area contributed by atoms with Crippen LogP contribution in [0.4, 0.5) is 0 Å². The number of hydrogen-bond acceptors (Lipinski definition) is 2. The van der Waals surface area contributed by atoms with Gasteiger partial charge in [-0.1, -0.05) is 42.5 Å². The average Bonchev–Trinajstić information content (AvgIpc) is 2.84. The van der Waals surface area contributed by atoms with Gasteiger partial charge in [-0.15, -0.1) is 0 Å². The number of benzene rings is 2. The highest BCUT2D eigenvalue weighted by atomic mass is 16.3. The number of fused-ring (bicyclic) bond motifs is 1. The zero-order valence-corrected chi connectivity index (χ0v) is 10.6. The van der Waals surface area contributed by atoms with E-state index in [2.05, 4.69) is 31.0 Å². The van der Waals surface area contributed by atoms with Crippen molar-refractivity contribution >= 4 is 11.1 Å². The van der Waals surface area contributed by atoms with Crippen LogP contribution in [0, 0.1) is 0 Å². The number of aromatic nitrogens is 1. The zero-order chi connectivity index (χ0) is 12.6. The Morgan fingerprint density at radius 2 is 1.56 bits per heavy atom. The Morgan fingerprint density at radius 3 is 2.28 bits per heavy atom. The second-order valence-electron chi connectivity index (χ2n) is 4.98. The van der Waals surface area contributed by atoms with Gasteiger partial charge in [-0.3, -0.25) is 0 Å². The van der Waals surface area contributed by atoms with E-state index in [1.807, 2.05) is 42.5 Å². The Hall–Kier alpha value is -2.09. The minimum atomic E-state index is -0.222. The molecular formula is C16H15NO. The van der Waals surface area contributed by atoms with Gasteiger partial charge in [0.1, 0.15) is 5.52 Å². The Balaban J connectivity index is 2.13. The lowest BCUT2D eigenvalue weighted by Crippen LogP contribution is -2.19. The number of oxazole rings is 1. The Labute approximate surface area is 106 Å². The van der Waals surface area contributed by atoms with E-state index in [1.54, 1.807) is 0 Å². The highest BCUT2D eigenvalue weighted by molar-refractivity contribution is 5.72. The maximum atomic E-state index is 5.88. The third-order valence-corrected chi connectivity index (χ3v) is 3.32. The van der Waals surface area contributed by atoms with E-state index in [-0.39, 0.29) is 5.41 Å². The molecule has 0 aliphatic heterocycles. The topological polar surface area (TPSA) is 26.0 Å². The monoisotopic (exact) mass is 237 g/mol. The summed E-state index contributed by atoms with van der Waals surface area (Å²) in [4.78, 5) is 4.59. The molecule has 0 aliphatic carbocycles. The van der Waals surface area contributed by atoms with Crippen LogP contribution in [0.3, 0.4) is 0 Å². The van der Waals surface area contributed by atoms with Gasteiger partial charge in [-0.05, 0) is 31.5 Å². The van der Waals surface area contributed by atoms with Gasteiger partial charge in [0.05, 0.1) is 5.41 Å². The first kappa shape index (κ1) is 11.0. The smallest absolute Gasteiger partial charge is 0.205 e. The van der Waals surface area contributed by atoms with Gasteiger partial charge in [-0.2, -0.15) is 0 Å². The van der Waals surface area contributed by atoms with Crippen molar-refractivity contribution in [2.24, 2.45) is 0 Å². The van der Waals surface area contributed by atoms with Crippen LogP contribution in [0.25, 0.3) is 11.1 Å². The van der Waals surface area contributed by atoms with E-state index in [4.69, 9.17) is 4.42 Å². The summed E-state index contributed by atoms with van der Waals surface area (Å²) in [6, 6.07) is 18.2. The van der Waals surface area contributed by atoms with Gasteiger partial charge in [0, 0.05) is 0 Å². The molecule has 0 N–H and O–H groups in total. The fraction of sp³-hybridized carbons (Fsp3) is 0.188. The van der Waals surface area contributed by atoms with Gasteiger partial charge < -0.3 is 4.42 Å². The summed E-state index contributed by atoms with van der Waals surface area (Å²) < 4.78 is 5.88. The maximum Gasteiger partial charge on any atom is 0.205 e. The summed E-state index contributed by atoms with van der Waals surface area (Å²) >= 11 is 0. The Morgan fingerprint density at radius 1 is 0.889 bits per heavy atom. The molecule has 0 unspecified atom stereocenters. The van der Waals surface area contributed by atoms with E-state index in [9.17, 15) is 0 Å². The van der Waals surface area contributed by atoms with Crippen LogP contribution in [0.5, 0.6) is 0 Å². The normalized spacial score (nSPS) is 11.9. The molecule has 3 aromatic rings. The van der Waals surface area contributed by atoms with E-state index >= 15 is 0 Å². The first-order valence-electron chi connectivity index (χ1n) is 6.09. The van der Waals surface area contributed by atoms with Crippen molar-refractivity contribution in [3.8, 4) is 0 Å². The molecule has 18 heavy (non-hydrogen) atoms. The quantitative estimate of drug-likeness (QED) is 0.669. The van der Waals surface area contributed by atoms with Crippen molar-refractivity contribution in [3.05, 3.63) is 66.1 Å². The second-order valence-corrected chi connectivity index (χ2v) is 4.98. The van der Waals surface area contributed by atoms with E-state index in [0.717, 1.165) is 17.0 Å². The van der Waals surface area contributed by atoms with Gasteiger partial charge in [-0.25, -0.2) is 4.98 Å². The van der Waals surface area contributed by atoms with E-state index in [0.29, 0.717) is 0 Å². The van der Waals surface area contributed by atoms with Crippen molar-refractivity contribution in [1.29, 1.82) is 0 Å². The molecule has 1 heterocycles. The van der Waals surface area contributed by atoms with Crippen molar-refractivity contribution in [2.75, 3.05) is 0 Å². The summed E-state index contributed by atoms with van der Waals surface area (Å²) in [5.41, 5.74) is 2.74. The fourth-order valence-electron chi connectivity index (χ4n) is 2.12. The highest BCUT2D eigenvalue weighted by Gasteiger charge is 2.28. The van der Waals surface area contributed by atoms with Crippen LogP contribution in [-0.4, -0.2) is 4.98 Å². The molecule has 2 aromatic carbocycles. The largest absolute Gasteiger partial charge is 0.440 e. The average molecular weight is 237 g/mol. The molecule has 1 aromatic heterocycles. The first-order chi connectivity index (χ1) is 8.68. The highest BCUT2D eigenvalue weighted by Crippen LogP contribution is 2.32. The fourth-order valence-corrected chi connectivity index (χ4v) is 2.12. The molecule has 3 rings (SSSR count). The van der Waals surface area contributed by atoms with Crippen molar-refractivity contribution in [1.82, 2.24) is 4.98 Å². The maximum absolute atomic E-state index is 5.88. The van der Waals surface area contributed by atoms with Crippen molar-refractivity contribution < 1.29 is 4.42 Å². The molecule has 2 heteroatoms. The van der Waals surface area contributed by atoms with Gasteiger partial charge in [0.2, 0.25) is 5.89 Å². The SMILES string of the molecule is CC(C)(c1ccccc1)c1nc2ccccc2o1. The summed E-state index contributed by atoms with van der Waals surface area (Å²) in [7, 11) is 0. The van der Waals surface area contributed by atoms with Gasteiger partial charge >= 0.3 is 0 Å². The third-order valence-electron chi connectivity index (χ3n) is 3.32. The lowest BCUT2D eigenvalue weighted by atomic mass is 9.84. The minimum absolute atomic E-state index is 0.222. The van der Waals surface area contributed by atoms with Crippen LogP contribution in [0.15, 0.2) is 59.0 Å². The standard InChI is InChI=1S/C16H15NO/c1-16(2,12-8-4-3-5-9-12)15-17-13-10-6-7-11-14(13)18-15/h3-11H,1-2H3. The van der Waals surface area contributed by atoms with Crippen LogP contribution in [-0.2, 0) is 5.41 Å². The molecule has 0 saturated carbocycles. The Kier molecular flexibility index (Phi) is 2.44. The van der Waals surface area contributed by atoms with Crippen LogP contribution < -0.4 is 0 Å². The van der Waals surface area contributed by atoms with Gasteiger partial charge in [0.25, 0.3) is 0 Å². The predicted octanol–water partition coefficient (Wildman–Crippen LogP) is 4.15. The van der Waals surface area contributed by atoms with Crippen molar-refractivity contribution in [3.63, 3.8) is 0 Å². The lowest BCUT2D eigenvalue weighted by Gasteiger charge is -2.20. The summed E-state index contributed by atoms with van der Waals surface area (Å²) in [6.45, 7) is 4.26. The number of rotatable bonds is 2. The molecule has 0 aliphatic rings. The van der Waals surface area contributed by atoms with Crippen LogP contribution in [0.2, 0.25) is 0 Å². The van der Waals surface area contributed by atoms with E-state index in [1.165, 1.54) is 5.56 Å². The molecule has 90 valence electrons. The Bertz CT molecular complexity index is 635.